The Morgan fingerprint density at radius 3 is 2.75 bits per heavy atom. The number of H-pyrrole nitrogens is 1. The van der Waals surface area contributed by atoms with Gasteiger partial charge < -0.3 is 4.98 Å². The highest BCUT2D eigenvalue weighted by Crippen LogP contribution is 2.25. The predicted octanol–water partition coefficient (Wildman–Crippen LogP) is 3.55. The van der Waals surface area contributed by atoms with Gasteiger partial charge in [-0.3, -0.25) is 0 Å². The van der Waals surface area contributed by atoms with Gasteiger partial charge in [-0.05, 0) is 47.0 Å². The number of benzene rings is 1. The SMILES string of the molecule is Cc1ccc2c(C)c(Br)[nH]c2c1. The Balaban J connectivity index is 2.87. The zero-order valence-electron chi connectivity index (χ0n) is 7.11. The molecule has 0 aliphatic carbocycles. The lowest BCUT2D eigenvalue weighted by Crippen LogP contribution is -1.71. The third-order valence-corrected chi connectivity index (χ3v) is 2.95. The van der Waals surface area contributed by atoms with Crippen molar-refractivity contribution in [3.05, 3.63) is 33.9 Å². The van der Waals surface area contributed by atoms with Crippen LogP contribution in [0, 0.1) is 13.8 Å². The molecule has 0 unspecified atom stereocenters. The molecule has 2 heteroatoms. The molecule has 0 saturated heterocycles. The van der Waals surface area contributed by atoms with Crippen molar-refractivity contribution in [3.63, 3.8) is 0 Å². The average Bonchev–Trinajstić information content (AvgIpc) is 2.28. The lowest BCUT2D eigenvalue weighted by atomic mass is 10.1. The standard InChI is InChI=1S/C10H10BrN/c1-6-3-4-8-7(2)10(11)12-9(8)5-6/h3-5,12H,1-2H3. The van der Waals surface area contributed by atoms with Crippen molar-refractivity contribution in [1.29, 1.82) is 0 Å². The van der Waals surface area contributed by atoms with Gasteiger partial charge >= 0.3 is 0 Å². The van der Waals surface area contributed by atoms with Gasteiger partial charge in [-0.2, -0.15) is 0 Å². The van der Waals surface area contributed by atoms with Crippen LogP contribution in [-0.4, -0.2) is 4.98 Å². The summed E-state index contributed by atoms with van der Waals surface area (Å²) in [5.41, 5.74) is 3.78. The molecule has 1 aromatic carbocycles. The fraction of sp³-hybridized carbons (Fsp3) is 0.200. The highest BCUT2D eigenvalue weighted by Gasteiger charge is 2.03. The van der Waals surface area contributed by atoms with Gasteiger partial charge in [0, 0.05) is 10.9 Å². The Bertz CT molecular complexity index is 429. The van der Waals surface area contributed by atoms with E-state index in [-0.39, 0.29) is 0 Å². The first-order valence-corrected chi connectivity index (χ1v) is 4.72. The van der Waals surface area contributed by atoms with E-state index in [0.29, 0.717) is 0 Å². The average molecular weight is 224 g/mol. The van der Waals surface area contributed by atoms with Crippen LogP contribution in [0.5, 0.6) is 0 Å². The monoisotopic (exact) mass is 223 g/mol. The molecule has 1 N–H and O–H groups in total. The molecule has 0 bridgehead atoms. The van der Waals surface area contributed by atoms with E-state index in [9.17, 15) is 0 Å². The number of aryl methyl sites for hydroxylation is 2. The third kappa shape index (κ3) is 1.07. The fourth-order valence-corrected chi connectivity index (χ4v) is 1.85. The van der Waals surface area contributed by atoms with Crippen molar-refractivity contribution in [2.45, 2.75) is 13.8 Å². The van der Waals surface area contributed by atoms with Crippen molar-refractivity contribution in [3.8, 4) is 0 Å². The van der Waals surface area contributed by atoms with Crippen LogP contribution in [0.15, 0.2) is 22.8 Å². The number of aromatic nitrogens is 1. The summed E-state index contributed by atoms with van der Waals surface area (Å²) < 4.78 is 1.09. The van der Waals surface area contributed by atoms with Crippen molar-refractivity contribution >= 4 is 26.8 Å². The van der Waals surface area contributed by atoms with Crippen LogP contribution >= 0.6 is 15.9 Å². The van der Waals surface area contributed by atoms with Crippen molar-refractivity contribution in [1.82, 2.24) is 4.98 Å². The summed E-state index contributed by atoms with van der Waals surface area (Å²) in [6.45, 7) is 4.21. The summed E-state index contributed by atoms with van der Waals surface area (Å²) in [5, 5.41) is 1.30. The molecule has 0 saturated carbocycles. The maximum absolute atomic E-state index is 3.48. The molecular formula is C10H10BrN. The number of hydrogen-bond acceptors (Lipinski definition) is 0. The van der Waals surface area contributed by atoms with Crippen molar-refractivity contribution < 1.29 is 0 Å². The van der Waals surface area contributed by atoms with Gasteiger partial charge in [0.15, 0.2) is 0 Å². The Kier molecular flexibility index (Phi) is 1.72. The van der Waals surface area contributed by atoms with Gasteiger partial charge in [0.05, 0.1) is 4.60 Å². The topological polar surface area (TPSA) is 15.8 Å². The molecule has 1 heterocycles. The Morgan fingerprint density at radius 2 is 2.00 bits per heavy atom. The molecule has 0 aliphatic heterocycles. The van der Waals surface area contributed by atoms with Crippen LogP contribution in [0.1, 0.15) is 11.1 Å². The molecule has 62 valence electrons. The molecule has 0 fully saturated rings. The molecular weight excluding hydrogens is 214 g/mol. The molecule has 2 aromatic rings. The van der Waals surface area contributed by atoms with Gasteiger partial charge in [0.2, 0.25) is 0 Å². The van der Waals surface area contributed by atoms with Crippen LogP contribution in [0.3, 0.4) is 0 Å². The fourth-order valence-electron chi connectivity index (χ4n) is 1.42. The summed E-state index contributed by atoms with van der Waals surface area (Å²) in [7, 11) is 0. The minimum absolute atomic E-state index is 1.09. The van der Waals surface area contributed by atoms with E-state index in [0.717, 1.165) is 4.60 Å². The van der Waals surface area contributed by atoms with E-state index in [2.05, 4.69) is 53.0 Å². The smallest absolute Gasteiger partial charge is 0.0860 e. The number of aromatic amines is 1. The summed E-state index contributed by atoms with van der Waals surface area (Å²) in [6, 6.07) is 6.45. The molecule has 2 rings (SSSR count). The first-order valence-electron chi connectivity index (χ1n) is 3.93. The molecule has 1 aromatic heterocycles. The third-order valence-electron chi connectivity index (χ3n) is 2.15. The highest BCUT2D eigenvalue weighted by molar-refractivity contribution is 9.10. The summed E-state index contributed by atoms with van der Waals surface area (Å²) >= 11 is 3.48. The zero-order chi connectivity index (χ0) is 8.72. The second kappa shape index (κ2) is 2.63. The van der Waals surface area contributed by atoms with Gasteiger partial charge in [-0.25, -0.2) is 0 Å². The van der Waals surface area contributed by atoms with E-state index >= 15 is 0 Å². The first kappa shape index (κ1) is 7.87. The van der Waals surface area contributed by atoms with Crippen LogP contribution in [0.2, 0.25) is 0 Å². The maximum atomic E-state index is 3.48. The predicted molar refractivity (Wildman–Crippen MR) is 55.5 cm³/mol. The van der Waals surface area contributed by atoms with Gasteiger partial charge in [0.1, 0.15) is 0 Å². The summed E-state index contributed by atoms with van der Waals surface area (Å²) in [5.74, 6) is 0. The Morgan fingerprint density at radius 1 is 1.25 bits per heavy atom. The van der Waals surface area contributed by atoms with Gasteiger partial charge in [-0.1, -0.05) is 12.1 Å². The van der Waals surface area contributed by atoms with Gasteiger partial charge in [-0.15, -0.1) is 0 Å². The lowest BCUT2D eigenvalue weighted by Gasteiger charge is -1.92. The van der Waals surface area contributed by atoms with E-state index in [1.807, 2.05) is 0 Å². The second-order valence-electron chi connectivity index (χ2n) is 3.11. The summed E-state index contributed by atoms with van der Waals surface area (Å²) in [4.78, 5) is 3.28. The quantitative estimate of drug-likeness (QED) is 0.704. The first-order chi connectivity index (χ1) is 5.68. The van der Waals surface area contributed by atoms with Gasteiger partial charge in [0.25, 0.3) is 0 Å². The molecule has 0 spiro atoms. The molecule has 1 nitrogen and oxygen atoms in total. The minimum Gasteiger partial charge on any atom is -0.349 e. The number of halogens is 1. The maximum Gasteiger partial charge on any atom is 0.0860 e. The van der Waals surface area contributed by atoms with E-state index in [4.69, 9.17) is 0 Å². The Hall–Kier alpha value is -0.760. The van der Waals surface area contributed by atoms with Crippen LogP contribution in [0.25, 0.3) is 10.9 Å². The lowest BCUT2D eigenvalue weighted by molar-refractivity contribution is 1.35. The van der Waals surface area contributed by atoms with E-state index in [1.165, 1.54) is 22.0 Å². The van der Waals surface area contributed by atoms with E-state index < -0.39 is 0 Å². The van der Waals surface area contributed by atoms with E-state index in [1.54, 1.807) is 0 Å². The minimum atomic E-state index is 1.09. The number of rotatable bonds is 0. The second-order valence-corrected chi connectivity index (χ2v) is 3.91. The van der Waals surface area contributed by atoms with Crippen molar-refractivity contribution in [2.24, 2.45) is 0 Å². The van der Waals surface area contributed by atoms with Crippen LogP contribution < -0.4 is 0 Å². The van der Waals surface area contributed by atoms with Crippen molar-refractivity contribution in [2.75, 3.05) is 0 Å². The number of nitrogens with one attached hydrogen (secondary N) is 1. The molecule has 0 radical (unpaired) electrons. The Labute approximate surface area is 79.9 Å². The largest absolute Gasteiger partial charge is 0.349 e. The zero-order valence-corrected chi connectivity index (χ0v) is 8.70. The summed E-state index contributed by atoms with van der Waals surface area (Å²) in [6.07, 6.45) is 0. The molecule has 12 heavy (non-hydrogen) atoms. The number of hydrogen-bond donors (Lipinski definition) is 1. The molecule has 0 atom stereocenters. The molecule has 0 amide bonds. The molecule has 0 aliphatic rings. The van der Waals surface area contributed by atoms with Crippen LogP contribution in [-0.2, 0) is 0 Å². The number of fused-ring (bicyclic) bond motifs is 1. The highest BCUT2D eigenvalue weighted by atomic mass is 79.9. The van der Waals surface area contributed by atoms with Crippen LogP contribution in [0.4, 0.5) is 0 Å². The normalized spacial score (nSPS) is 10.9.